The molecule has 0 saturated carbocycles. The third-order valence-electron chi connectivity index (χ3n) is 1.40. The Morgan fingerprint density at radius 3 is 2.44 bits per heavy atom. The fourth-order valence-electron chi connectivity index (χ4n) is 0.928. The van der Waals surface area contributed by atoms with Crippen molar-refractivity contribution in [2.45, 2.75) is 12.8 Å². The molecule has 1 rings (SSSR count). The highest BCUT2D eigenvalue weighted by Gasteiger charge is 2.17. The molecule has 1 heterocycles. The highest BCUT2D eigenvalue weighted by atomic mass is 16.6. The molecule has 0 aliphatic carbocycles. The Morgan fingerprint density at radius 2 is 2.00 bits per heavy atom. The lowest BCUT2D eigenvalue weighted by atomic mass is 10.4. The summed E-state index contributed by atoms with van der Waals surface area (Å²) in [5.74, 6) is 0. The van der Waals surface area contributed by atoms with E-state index in [0.717, 1.165) is 12.8 Å². The van der Waals surface area contributed by atoms with Crippen LogP contribution < -0.4 is 0 Å². The molecule has 0 radical (unpaired) electrons. The SMILES string of the molecule is [O-]/[N+](=N/O)N1CCCC1. The third-order valence-corrected chi connectivity index (χ3v) is 1.40. The first kappa shape index (κ1) is 6.12. The van der Waals surface area contributed by atoms with Crippen molar-refractivity contribution in [3.8, 4) is 0 Å². The first-order valence-corrected chi connectivity index (χ1v) is 2.92. The minimum Gasteiger partial charge on any atom is -0.569 e. The predicted molar refractivity (Wildman–Crippen MR) is 28.6 cm³/mol. The van der Waals surface area contributed by atoms with E-state index in [1.807, 2.05) is 0 Å². The Balaban J connectivity index is 2.42. The van der Waals surface area contributed by atoms with E-state index in [1.165, 1.54) is 5.01 Å². The Morgan fingerprint density at radius 1 is 1.44 bits per heavy atom. The summed E-state index contributed by atoms with van der Waals surface area (Å²) < 4.78 is 0. The highest BCUT2D eigenvalue weighted by Crippen LogP contribution is 2.06. The van der Waals surface area contributed by atoms with E-state index in [-0.39, 0.29) is 4.97 Å². The van der Waals surface area contributed by atoms with E-state index in [1.54, 1.807) is 0 Å². The molecule has 1 N–H and O–H groups in total. The summed E-state index contributed by atoms with van der Waals surface area (Å²) in [6.45, 7) is 1.40. The lowest BCUT2D eigenvalue weighted by molar-refractivity contribution is -0.705. The molecule has 0 bridgehead atoms. The van der Waals surface area contributed by atoms with Crippen molar-refractivity contribution in [2.75, 3.05) is 13.1 Å². The Hall–Kier alpha value is -1.00. The van der Waals surface area contributed by atoms with E-state index in [9.17, 15) is 5.21 Å². The van der Waals surface area contributed by atoms with Gasteiger partial charge in [-0.25, -0.2) is 0 Å². The molecule has 0 aromatic carbocycles. The minimum absolute atomic E-state index is 0.229. The fourth-order valence-corrected chi connectivity index (χ4v) is 0.928. The zero-order valence-electron chi connectivity index (χ0n) is 5.03. The lowest BCUT2D eigenvalue weighted by Crippen LogP contribution is -2.26. The van der Waals surface area contributed by atoms with Gasteiger partial charge >= 0.3 is 0 Å². The molecule has 0 unspecified atom stereocenters. The molecule has 9 heavy (non-hydrogen) atoms. The van der Waals surface area contributed by atoms with Crippen molar-refractivity contribution in [2.24, 2.45) is 5.28 Å². The molecule has 5 heteroatoms. The smallest absolute Gasteiger partial charge is 0.230 e. The number of hydrazine groups is 1. The van der Waals surface area contributed by atoms with Gasteiger partial charge in [0.05, 0.1) is 18.1 Å². The largest absolute Gasteiger partial charge is 0.569 e. The van der Waals surface area contributed by atoms with E-state index in [0.29, 0.717) is 13.1 Å². The van der Waals surface area contributed by atoms with Gasteiger partial charge in [0.1, 0.15) is 0 Å². The molecule has 1 saturated heterocycles. The Labute approximate surface area is 52.7 Å². The van der Waals surface area contributed by atoms with Gasteiger partial charge in [-0.2, -0.15) is 0 Å². The van der Waals surface area contributed by atoms with Crippen LogP contribution in [0.4, 0.5) is 0 Å². The van der Waals surface area contributed by atoms with Crippen LogP contribution in [0, 0.1) is 5.21 Å². The van der Waals surface area contributed by atoms with Gasteiger partial charge in [-0.3, -0.25) is 0 Å². The van der Waals surface area contributed by atoms with Crippen LogP contribution >= 0.6 is 0 Å². The lowest BCUT2D eigenvalue weighted by Gasteiger charge is -2.08. The van der Waals surface area contributed by atoms with Crippen molar-refractivity contribution in [1.29, 1.82) is 0 Å². The van der Waals surface area contributed by atoms with Gasteiger partial charge in [0.2, 0.25) is 5.28 Å². The summed E-state index contributed by atoms with van der Waals surface area (Å²) in [4.78, 5) is 0.229. The first-order valence-electron chi connectivity index (χ1n) is 2.92. The van der Waals surface area contributed by atoms with Gasteiger partial charge in [0, 0.05) is 0 Å². The van der Waals surface area contributed by atoms with Crippen LogP contribution in [0.3, 0.4) is 0 Å². The molecule has 5 nitrogen and oxygen atoms in total. The summed E-state index contributed by atoms with van der Waals surface area (Å²) >= 11 is 0. The second-order valence-electron chi connectivity index (χ2n) is 2.00. The molecule has 0 aromatic rings. The van der Waals surface area contributed by atoms with Crippen LogP contribution in [0.25, 0.3) is 0 Å². The second kappa shape index (κ2) is 2.52. The van der Waals surface area contributed by atoms with E-state index in [2.05, 4.69) is 5.28 Å². The number of rotatable bonds is 1. The Bertz CT molecular complexity index is 119. The number of nitrogens with zero attached hydrogens (tertiary/aromatic N) is 3. The van der Waals surface area contributed by atoms with Crippen molar-refractivity contribution >= 4 is 0 Å². The quantitative estimate of drug-likeness (QED) is 0.317. The number of hydrogen-bond donors (Lipinski definition) is 1. The van der Waals surface area contributed by atoms with Crippen LogP contribution in [0.15, 0.2) is 5.28 Å². The van der Waals surface area contributed by atoms with E-state index in [4.69, 9.17) is 5.21 Å². The van der Waals surface area contributed by atoms with Crippen LogP contribution in [-0.4, -0.2) is 28.3 Å². The predicted octanol–water partition coefficient (Wildman–Crippen LogP) is 0.349. The van der Waals surface area contributed by atoms with Gasteiger partial charge in [-0.05, 0) is 12.8 Å². The van der Waals surface area contributed by atoms with Gasteiger partial charge in [0.25, 0.3) is 0 Å². The third kappa shape index (κ3) is 1.22. The van der Waals surface area contributed by atoms with Crippen LogP contribution in [-0.2, 0) is 0 Å². The van der Waals surface area contributed by atoms with Gasteiger partial charge < -0.3 is 10.4 Å². The maximum Gasteiger partial charge on any atom is 0.230 e. The maximum absolute atomic E-state index is 10.4. The van der Waals surface area contributed by atoms with Crippen molar-refractivity contribution in [1.82, 2.24) is 5.01 Å². The molecular weight excluding hydrogens is 122 g/mol. The van der Waals surface area contributed by atoms with Crippen molar-refractivity contribution in [3.63, 3.8) is 0 Å². The van der Waals surface area contributed by atoms with Crippen molar-refractivity contribution < 1.29 is 10.2 Å². The molecule has 0 amide bonds. The molecule has 52 valence electrons. The van der Waals surface area contributed by atoms with Gasteiger partial charge in [-0.15, -0.1) is 5.01 Å². The summed E-state index contributed by atoms with van der Waals surface area (Å²) in [6.07, 6.45) is 2.02. The fraction of sp³-hybridized carbons (Fsp3) is 1.00. The van der Waals surface area contributed by atoms with Crippen LogP contribution in [0.2, 0.25) is 0 Å². The molecule has 0 atom stereocenters. The maximum atomic E-state index is 10.4. The summed E-state index contributed by atoms with van der Waals surface area (Å²) in [5.41, 5.74) is 0. The van der Waals surface area contributed by atoms with Crippen LogP contribution in [0.5, 0.6) is 0 Å². The minimum atomic E-state index is 0.229. The average Bonchev–Trinajstić information content (AvgIpc) is 2.37. The summed E-state index contributed by atoms with van der Waals surface area (Å²) in [5, 5.41) is 22.4. The molecule has 0 aromatic heterocycles. The average molecular weight is 131 g/mol. The molecule has 1 aliphatic heterocycles. The second-order valence-corrected chi connectivity index (χ2v) is 2.00. The normalized spacial score (nSPS) is 20.9. The molecular formula is C4H9N3O2. The summed E-state index contributed by atoms with van der Waals surface area (Å²) in [7, 11) is 0. The molecule has 1 aliphatic rings. The van der Waals surface area contributed by atoms with Crippen LogP contribution in [0.1, 0.15) is 12.8 Å². The number of hydrogen-bond acceptors (Lipinski definition) is 2. The van der Waals surface area contributed by atoms with Crippen molar-refractivity contribution in [3.05, 3.63) is 5.21 Å². The molecule has 1 fully saturated rings. The Kier molecular flexibility index (Phi) is 1.72. The first-order chi connectivity index (χ1) is 4.34. The monoisotopic (exact) mass is 131 g/mol. The highest BCUT2D eigenvalue weighted by molar-refractivity contribution is 4.55. The van der Waals surface area contributed by atoms with Gasteiger partial charge in [-0.1, -0.05) is 0 Å². The zero-order valence-corrected chi connectivity index (χ0v) is 5.03. The summed E-state index contributed by atoms with van der Waals surface area (Å²) in [6, 6.07) is 0. The zero-order chi connectivity index (χ0) is 6.69. The van der Waals surface area contributed by atoms with Gasteiger partial charge in [0.15, 0.2) is 0 Å². The van der Waals surface area contributed by atoms with E-state index >= 15 is 0 Å². The van der Waals surface area contributed by atoms with E-state index < -0.39 is 0 Å². The topological polar surface area (TPSA) is 61.9 Å². The standard InChI is InChI=1S/C4H9N3O2/c8-5-7(9)6-3-1-2-4-6/h8H,1-4H2/b7-5+. The molecule has 0 spiro atoms.